The second-order valence-electron chi connectivity index (χ2n) is 9.55. The number of ketones is 1. The molecule has 0 radical (unpaired) electrons. The number of amides is 2. The molecule has 0 aromatic heterocycles. The molecule has 184 valence electrons. The molecule has 0 N–H and O–H groups in total. The van der Waals surface area contributed by atoms with Gasteiger partial charge in [0.15, 0.2) is 5.78 Å². The summed E-state index contributed by atoms with van der Waals surface area (Å²) < 4.78 is 0. The molecule has 3 aliphatic heterocycles. The van der Waals surface area contributed by atoms with Crippen molar-refractivity contribution < 1.29 is 19.3 Å². The molecule has 0 aliphatic carbocycles. The summed E-state index contributed by atoms with van der Waals surface area (Å²) in [6.45, 7) is 0.236. The molecule has 0 saturated carbocycles. The van der Waals surface area contributed by atoms with Gasteiger partial charge in [-0.2, -0.15) is 0 Å². The summed E-state index contributed by atoms with van der Waals surface area (Å²) in [7, 11) is 0. The van der Waals surface area contributed by atoms with Crippen LogP contribution in [-0.2, 0) is 16.0 Å². The summed E-state index contributed by atoms with van der Waals surface area (Å²) in [5.41, 5.74) is 2.61. The largest absolute Gasteiger partial charge is 0.352 e. The Kier molecular flexibility index (Phi) is 5.44. The summed E-state index contributed by atoms with van der Waals surface area (Å²) in [5.74, 6) is -2.64. The van der Waals surface area contributed by atoms with Gasteiger partial charge in [0.2, 0.25) is 11.8 Å². The number of Topliss-reactive ketones (excluding diaryl/α,β-unsaturated/α-hetero) is 1. The van der Waals surface area contributed by atoms with Crippen LogP contribution in [-0.4, -0.2) is 46.0 Å². The van der Waals surface area contributed by atoms with E-state index in [4.69, 9.17) is 0 Å². The molecule has 3 aromatic rings. The minimum atomic E-state index is -0.957. The van der Waals surface area contributed by atoms with E-state index < -0.39 is 34.6 Å². The number of para-hydroxylation sites is 1. The molecule has 6 rings (SSSR count). The monoisotopic (exact) mass is 493 g/mol. The Bertz CT molecular complexity index is 1470. The van der Waals surface area contributed by atoms with E-state index in [2.05, 4.69) is 0 Å². The van der Waals surface area contributed by atoms with Crippen LogP contribution in [0, 0.1) is 22.0 Å². The number of hydrogen-bond donors (Lipinski definition) is 0. The van der Waals surface area contributed by atoms with Crippen LogP contribution < -0.4 is 4.90 Å². The molecule has 4 atom stereocenters. The number of nitro groups is 1. The van der Waals surface area contributed by atoms with Gasteiger partial charge in [-0.25, -0.2) is 0 Å². The van der Waals surface area contributed by atoms with Crippen molar-refractivity contribution in [2.45, 2.75) is 18.5 Å². The highest BCUT2D eigenvalue weighted by atomic mass is 16.6. The van der Waals surface area contributed by atoms with Crippen LogP contribution in [0.2, 0.25) is 0 Å². The number of likely N-dealkylation sites (tertiary alicyclic amines) is 1. The first kappa shape index (κ1) is 22.8. The molecule has 8 nitrogen and oxygen atoms in total. The molecule has 2 saturated heterocycles. The number of hydrogen-bond acceptors (Lipinski definition) is 6. The highest BCUT2D eigenvalue weighted by Crippen LogP contribution is 2.49. The van der Waals surface area contributed by atoms with Crippen LogP contribution in [0.15, 0.2) is 84.9 Å². The molecular formula is C29H23N3O5. The zero-order valence-corrected chi connectivity index (χ0v) is 19.8. The lowest BCUT2D eigenvalue weighted by Gasteiger charge is -2.36. The molecule has 3 heterocycles. The number of carbonyl (C=O) groups is 3. The summed E-state index contributed by atoms with van der Waals surface area (Å²) in [6.07, 6.45) is 4.35. The molecular weight excluding hydrogens is 470 g/mol. The number of nitro benzene ring substituents is 1. The zero-order valence-electron chi connectivity index (χ0n) is 19.8. The van der Waals surface area contributed by atoms with Crippen molar-refractivity contribution in [2.75, 3.05) is 11.4 Å². The molecule has 8 heteroatoms. The molecule has 2 fully saturated rings. The maximum atomic E-state index is 14.0. The highest BCUT2D eigenvalue weighted by Gasteiger charge is 2.63. The van der Waals surface area contributed by atoms with Gasteiger partial charge in [0.25, 0.3) is 5.69 Å². The second-order valence-corrected chi connectivity index (χ2v) is 9.55. The summed E-state index contributed by atoms with van der Waals surface area (Å²) in [5, 5.41) is 11.4. The predicted molar refractivity (Wildman–Crippen MR) is 137 cm³/mol. The fourth-order valence-electron chi connectivity index (χ4n) is 5.92. The van der Waals surface area contributed by atoms with E-state index >= 15 is 0 Å². The van der Waals surface area contributed by atoms with Crippen molar-refractivity contribution in [3.05, 3.63) is 112 Å². The van der Waals surface area contributed by atoms with Gasteiger partial charge in [-0.15, -0.1) is 0 Å². The average Bonchev–Trinajstić information content (AvgIpc) is 3.40. The van der Waals surface area contributed by atoms with Crippen molar-refractivity contribution in [1.82, 2.24) is 4.90 Å². The van der Waals surface area contributed by atoms with E-state index in [0.717, 1.165) is 16.8 Å². The molecule has 3 aliphatic rings. The molecule has 2 amide bonds. The smallest absolute Gasteiger partial charge is 0.270 e. The quantitative estimate of drug-likeness (QED) is 0.223. The zero-order chi connectivity index (χ0) is 25.7. The number of benzene rings is 3. The van der Waals surface area contributed by atoms with E-state index in [1.165, 1.54) is 29.2 Å². The molecule has 0 unspecified atom stereocenters. The Hall–Kier alpha value is -4.59. The van der Waals surface area contributed by atoms with Gasteiger partial charge in [0.05, 0.1) is 22.8 Å². The molecule has 37 heavy (non-hydrogen) atoms. The minimum absolute atomic E-state index is 0.147. The Morgan fingerprint density at radius 2 is 1.62 bits per heavy atom. The van der Waals surface area contributed by atoms with Crippen LogP contribution in [0.1, 0.15) is 21.5 Å². The molecule has 0 spiro atoms. The Morgan fingerprint density at radius 3 is 2.41 bits per heavy atom. The number of fused-ring (bicyclic) bond motifs is 5. The number of rotatable bonds is 6. The topological polar surface area (TPSA) is 101 Å². The van der Waals surface area contributed by atoms with Crippen molar-refractivity contribution in [1.29, 1.82) is 0 Å². The Morgan fingerprint density at radius 1 is 0.892 bits per heavy atom. The lowest BCUT2D eigenvalue weighted by molar-refractivity contribution is -0.384. The Balaban J connectivity index is 1.40. The van der Waals surface area contributed by atoms with Gasteiger partial charge < -0.3 is 4.90 Å². The maximum Gasteiger partial charge on any atom is 0.270 e. The fourth-order valence-corrected chi connectivity index (χ4v) is 5.92. The van der Waals surface area contributed by atoms with E-state index in [0.29, 0.717) is 6.42 Å². The third-order valence-electron chi connectivity index (χ3n) is 7.58. The van der Waals surface area contributed by atoms with Gasteiger partial charge in [-0.3, -0.25) is 29.4 Å². The van der Waals surface area contributed by atoms with Gasteiger partial charge in [-0.1, -0.05) is 72.8 Å². The lowest BCUT2D eigenvalue weighted by Crippen LogP contribution is -2.49. The number of nitrogens with zero attached hydrogens (tertiary/aromatic N) is 3. The van der Waals surface area contributed by atoms with Crippen molar-refractivity contribution in [3.8, 4) is 0 Å². The number of non-ortho nitro benzene ring substituents is 1. The first-order valence-electron chi connectivity index (χ1n) is 12.2. The van der Waals surface area contributed by atoms with Crippen LogP contribution in [0.4, 0.5) is 11.4 Å². The first-order chi connectivity index (χ1) is 18.0. The summed E-state index contributed by atoms with van der Waals surface area (Å²) in [4.78, 5) is 55.4. The van der Waals surface area contributed by atoms with Crippen LogP contribution in [0.25, 0.3) is 6.08 Å². The van der Waals surface area contributed by atoms with E-state index in [1.807, 2.05) is 71.6 Å². The summed E-state index contributed by atoms with van der Waals surface area (Å²) in [6, 6.07) is 21.3. The van der Waals surface area contributed by atoms with E-state index in [-0.39, 0.29) is 29.6 Å². The van der Waals surface area contributed by atoms with Crippen LogP contribution >= 0.6 is 0 Å². The summed E-state index contributed by atoms with van der Waals surface area (Å²) >= 11 is 0. The van der Waals surface area contributed by atoms with Crippen LogP contribution in [0.3, 0.4) is 0 Å². The number of carbonyl (C=O) groups excluding carboxylic acids is 3. The van der Waals surface area contributed by atoms with Crippen molar-refractivity contribution in [3.63, 3.8) is 0 Å². The van der Waals surface area contributed by atoms with Crippen molar-refractivity contribution >= 4 is 35.0 Å². The third-order valence-corrected chi connectivity index (χ3v) is 7.58. The van der Waals surface area contributed by atoms with E-state index in [1.54, 1.807) is 0 Å². The van der Waals surface area contributed by atoms with Gasteiger partial charge >= 0.3 is 0 Å². The van der Waals surface area contributed by atoms with Crippen molar-refractivity contribution in [2.24, 2.45) is 11.8 Å². The second kappa shape index (κ2) is 8.81. The van der Waals surface area contributed by atoms with Gasteiger partial charge in [0, 0.05) is 29.9 Å². The highest BCUT2D eigenvalue weighted by molar-refractivity contribution is 6.14. The van der Waals surface area contributed by atoms with E-state index in [9.17, 15) is 24.5 Å². The first-order valence-corrected chi connectivity index (χ1v) is 12.2. The maximum absolute atomic E-state index is 14.0. The minimum Gasteiger partial charge on any atom is -0.352 e. The normalized spacial score (nSPS) is 23.6. The van der Waals surface area contributed by atoms with Gasteiger partial charge in [0.1, 0.15) is 6.04 Å². The Labute approximate surface area is 213 Å². The van der Waals surface area contributed by atoms with Crippen LogP contribution in [0.5, 0.6) is 0 Å². The SMILES string of the molecule is O=C(c1cccc([N+](=O)[O-])c1)[C@@H]1[C@@H]2C(=O)N(CCc3ccccc3)C(=O)[C@H]2[C@@H]2C=Cc3ccccc3N12. The molecule has 0 bridgehead atoms. The third kappa shape index (κ3) is 3.64. The number of anilines is 1. The average molecular weight is 494 g/mol. The molecule has 3 aromatic carbocycles. The van der Waals surface area contributed by atoms with Gasteiger partial charge in [-0.05, 0) is 23.6 Å². The standard InChI is InChI=1S/C29H23N3O5/c33-27(20-10-6-11-21(17-20)32(36)37)26-25-24(23-14-13-19-9-4-5-12-22(19)31(23)26)28(34)30(29(25)35)16-15-18-7-2-1-3-8-18/h1-14,17,23-26H,15-16H2/t23-,24-,25+,26-/m0/s1. The fraction of sp³-hybridized carbons (Fsp3) is 0.207. The lowest BCUT2D eigenvalue weighted by atomic mass is 9.86. The number of imide groups is 1. The predicted octanol–water partition coefficient (Wildman–Crippen LogP) is 3.91.